The highest BCUT2D eigenvalue weighted by Crippen LogP contribution is 2.35. The fraction of sp³-hybridized carbons (Fsp3) is 0.350. The molecule has 0 aromatic heterocycles. The Morgan fingerprint density at radius 1 is 1.08 bits per heavy atom. The quantitative estimate of drug-likeness (QED) is 0.831. The van der Waals surface area contributed by atoms with Gasteiger partial charge >= 0.3 is 6.18 Å². The highest BCUT2D eigenvalue weighted by atomic mass is 19.4. The first-order valence-corrected chi connectivity index (χ1v) is 8.61. The molecule has 0 spiro atoms. The summed E-state index contributed by atoms with van der Waals surface area (Å²) in [5.74, 6) is 0.0177. The smallest absolute Gasteiger partial charge is 0.418 e. The van der Waals surface area contributed by atoms with Gasteiger partial charge in [0.1, 0.15) is 5.75 Å². The van der Waals surface area contributed by atoms with Crippen LogP contribution < -0.4 is 10.1 Å². The van der Waals surface area contributed by atoms with Crippen LogP contribution in [-0.2, 0) is 23.8 Å². The number of benzene rings is 2. The number of carbonyl (C=O) groups is 1. The Bertz CT molecular complexity index is 802. The van der Waals surface area contributed by atoms with Crippen molar-refractivity contribution >= 4 is 11.6 Å². The lowest BCUT2D eigenvalue weighted by Gasteiger charge is -2.22. The van der Waals surface area contributed by atoms with Gasteiger partial charge in [-0.1, -0.05) is 24.3 Å². The summed E-state index contributed by atoms with van der Waals surface area (Å²) in [5, 5.41) is 2.33. The molecule has 1 amide bonds. The molecule has 138 valence electrons. The van der Waals surface area contributed by atoms with Crippen molar-refractivity contribution in [3.05, 3.63) is 59.2 Å². The topological polar surface area (TPSA) is 38.3 Å². The standard InChI is InChI=1S/C20H20F3NO2/c1-13(26-18-12-6-8-14-7-2-3-9-15(14)18)19(25)24-17-11-5-4-10-16(17)20(21,22)23/h4-6,8,10-13H,2-3,7,9H2,1H3,(H,24,25)/t13-/m1/s1. The third-order valence-electron chi connectivity index (χ3n) is 4.52. The van der Waals surface area contributed by atoms with E-state index < -0.39 is 23.8 Å². The first-order valence-electron chi connectivity index (χ1n) is 8.61. The fourth-order valence-corrected chi connectivity index (χ4v) is 3.17. The second-order valence-electron chi connectivity index (χ2n) is 6.39. The van der Waals surface area contributed by atoms with E-state index in [9.17, 15) is 18.0 Å². The summed E-state index contributed by atoms with van der Waals surface area (Å²) in [4.78, 5) is 12.4. The zero-order valence-corrected chi connectivity index (χ0v) is 14.4. The van der Waals surface area contributed by atoms with Crippen LogP contribution >= 0.6 is 0 Å². The summed E-state index contributed by atoms with van der Waals surface area (Å²) in [6.45, 7) is 1.54. The normalized spacial score (nSPS) is 15.1. The lowest BCUT2D eigenvalue weighted by Crippen LogP contribution is -2.31. The highest BCUT2D eigenvalue weighted by Gasteiger charge is 2.34. The van der Waals surface area contributed by atoms with E-state index in [2.05, 4.69) is 5.32 Å². The zero-order chi connectivity index (χ0) is 18.7. The number of nitrogens with one attached hydrogen (secondary N) is 1. The van der Waals surface area contributed by atoms with Crippen molar-refractivity contribution in [3.63, 3.8) is 0 Å². The second-order valence-corrected chi connectivity index (χ2v) is 6.39. The molecule has 1 aliphatic carbocycles. The number of para-hydroxylation sites is 1. The number of alkyl halides is 3. The van der Waals surface area contributed by atoms with Crippen LogP contribution in [0.5, 0.6) is 5.75 Å². The van der Waals surface area contributed by atoms with Crippen LogP contribution in [0.4, 0.5) is 18.9 Å². The molecule has 1 aliphatic rings. The van der Waals surface area contributed by atoms with Crippen LogP contribution in [0.3, 0.4) is 0 Å². The summed E-state index contributed by atoms with van der Waals surface area (Å²) in [5.41, 5.74) is 1.16. The molecule has 3 nitrogen and oxygen atoms in total. The predicted octanol–water partition coefficient (Wildman–Crippen LogP) is 4.99. The number of hydrogen-bond acceptors (Lipinski definition) is 2. The van der Waals surface area contributed by atoms with Crippen molar-refractivity contribution in [1.29, 1.82) is 0 Å². The SMILES string of the molecule is C[C@@H](Oc1cccc2c1CCCC2)C(=O)Nc1ccccc1C(F)(F)F. The van der Waals surface area contributed by atoms with Crippen LogP contribution in [0.25, 0.3) is 0 Å². The van der Waals surface area contributed by atoms with E-state index in [4.69, 9.17) is 4.74 Å². The van der Waals surface area contributed by atoms with E-state index in [-0.39, 0.29) is 5.69 Å². The molecule has 2 aromatic carbocycles. The van der Waals surface area contributed by atoms with Gasteiger partial charge in [-0.25, -0.2) is 0 Å². The van der Waals surface area contributed by atoms with Gasteiger partial charge in [0.25, 0.3) is 5.91 Å². The Balaban J connectivity index is 1.74. The molecule has 0 saturated carbocycles. The number of rotatable bonds is 4. The number of amides is 1. The first kappa shape index (κ1) is 18.3. The molecule has 0 aliphatic heterocycles. The molecule has 0 unspecified atom stereocenters. The van der Waals surface area contributed by atoms with Crippen LogP contribution in [-0.4, -0.2) is 12.0 Å². The molecule has 1 N–H and O–H groups in total. The monoisotopic (exact) mass is 363 g/mol. The minimum atomic E-state index is -4.54. The summed E-state index contributed by atoms with van der Waals surface area (Å²) in [6, 6.07) is 10.6. The van der Waals surface area contributed by atoms with Crippen molar-refractivity contribution in [1.82, 2.24) is 0 Å². The van der Waals surface area contributed by atoms with Crippen molar-refractivity contribution in [3.8, 4) is 5.75 Å². The van der Waals surface area contributed by atoms with Crippen molar-refractivity contribution in [2.24, 2.45) is 0 Å². The summed E-state index contributed by atoms with van der Waals surface area (Å²) in [7, 11) is 0. The Hall–Kier alpha value is -2.50. The molecule has 0 radical (unpaired) electrons. The van der Waals surface area contributed by atoms with Crippen molar-refractivity contribution < 1.29 is 22.7 Å². The Morgan fingerprint density at radius 2 is 1.81 bits per heavy atom. The maximum atomic E-state index is 13.1. The van der Waals surface area contributed by atoms with E-state index in [1.54, 1.807) is 6.07 Å². The largest absolute Gasteiger partial charge is 0.481 e. The molecule has 0 heterocycles. The molecular formula is C20H20F3NO2. The minimum absolute atomic E-state index is 0.268. The fourth-order valence-electron chi connectivity index (χ4n) is 3.17. The predicted molar refractivity (Wildman–Crippen MR) is 93.2 cm³/mol. The number of halogens is 3. The van der Waals surface area contributed by atoms with Crippen LogP contribution in [0.15, 0.2) is 42.5 Å². The van der Waals surface area contributed by atoms with Gasteiger partial charge in [0.05, 0.1) is 11.3 Å². The maximum absolute atomic E-state index is 13.1. The second kappa shape index (κ2) is 7.40. The third-order valence-corrected chi connectivity index (χ3v) is 4.52. The maximum Gasteiger partial charge on any atom is 0.418 e. The number of aryl methyl sites for hydroxylation is 1. The summed E-state index contributed by atoms with van der Waals surface area (Å²) < 4.78 is 44.9. The van der Waals surface area contributed by atoms with Gasteiger partial charge in [-0.3, -0.25) is 4.79 Å². The molecule has 0 fully saturated rings. The molecule has 2 aromatic rings. The Labute approximate surface area is 150 Å². The van der Waals surface area contributed by atoms with Gasteiger partial charge in [-0.2, -0.15) is 13.2 Å². The van der Waals surface area contributed by atoms with Crippen LogP contribution in [0.1, 0.15) is 36.5 Å². The van der Waals surface area contributed by atoms with E-state index >= 15 is 0 Å². The summed E-state index contributed by atoms with van der Waals surface area (Å²) in [6.07, 6.45) is -1.40. The Kier molecular flexibility index (Phi) is 5.20. The number of hydrogen-bond donors (Lipinski definition) is 1. The number of fused-ring (bicyclic) bond motifs is 1. The molecule has 3 rings (SSSR count). The van der Waals surface area contributed by atoms with Gasteiger partial charge in [0, 0.05) is 0 Å². The van der Waals surface area contributed by atoms with Crippen LogP contribution in [0.2, 0.25) is 0 Å². The van der Waals surface area contributed by atoms with Gasteiger partial charge in [0.15, 0.2) is 6.10 Å². The molecule has 1 atom stereocenters. The zero-order valence-electron chi connectivity index (χ0n) is 14.4. The summed E-state index contributed by atoms with van der Waals surface area (Å²) >= 11 is 0. The van der Waals surface area contributed by atoms with E-state index in [1.165, 1.54) is 30.7 Å². The highest BCUT2D eigenvalue weighted by molar-refractivity contribution is 5.94. The molecule has 0 saturated heterocycles. The van der Waals surface area contributed by atoms with Gasteiger partial charge in [0.2, 0.25) is 0 Å². The van der Waals surface area contributed by atoms with E-state index in [0.29, 0.717) is 5.75 Å². The van der Waals surface area contributed by atoms with E-state index in [1.807, 2.05) is 12.1 Å². The lowest BCUT2D eigenvalue weighted by atomic mass is 9.91. The van der Waals surface area contributed by atoms with E-state index in [0.717, 1.165) is 37.3 Å². The number of anilines is 1. The number of carbonyl (C=O) groups excluding carboxylic acids is 1. The lowest BCUT2D eigenvalue weighted by molar-refractivity contribution is -0.137. The number of ether oxygens (including phenoxy) is 1. The Morgan fingerprint density at radius 3 is 2.58 bits per heavy atom. The minimum Gasteiger partial charge on any atom is -0.481 e. The molecule has 26 heavy (non-hydrogen) atoms. The van der Waals surface area contributed by atoms with Gasteiger partial charge in [-0.15, -0.1) is 0 Å². The third kappa shape index (κ3) is 4.00. The molecule has 6 heteroatoms. The molecule has 0 bridgehead atoms. The first-order chi connectivity index (χ1) is 12.4. The van der Waals surface area contributed by atoms with Crippen molar-refractivity contribution in [2.75, 3.05) is 5.32 Å². The average Bonchev–Trinajstić information content (AvgIpc) is 2.61. The van der Waals surface area contributed by atoms with Crippen LogP contribution in [0, 0.1) is 0 Å². The van der Waals surface area contributed by atoms with Crippen molar-refractivity contribution in [2.45, 2.75) is 44.9 Å². The average molecular weight is 363 g/mol. The molecular weight excluding hydrogens is 343 g/mol. The van der Waals surface area contributed by atoms with Gasteiger partial charge in [-0.05, 0) is 61.9 Å². The van der Waals surface area contributed by atoms with Gasteiger partial charge < -0.3 is 10.1 Å².